The van der Waals surface area contributed by atoms with Gasteiger partial charge in [0.25, 0.3) is 5.91 Å². The van der Waals surface area contributed by atoms with Gasteiger partial charge in [-0.15, -0.1) is 0 Å². The lowest BCUT2D eigenvalue weighted by Crippen LogP contribution is -2.40. The van der Waals surface area contributed by atoms with Gasteiger partial charge >= 0.3 is 11.7 Å². The summed E-state index contributed by atoms with van der Waals surface area (Å²) in [7, 11) is 0. The van der Waals surface area contributed by atoms with Crippen molar-refractivity contribution in [2.75, 3.05) is 5.32 Å². The molecular formula is C17H20N4O5. The minimum absolute atomic E-state index is 0.203. The lowest BCUT2D eigenvalue weighted by Gasteiger charge is -2.24. The average Bonchev–Trinajstić information content (AvgIpc) is 3.06. The van der Waals surface area contributed by atoms with E-state index in [-0.39, 0.29) is 5.69 Å². The summed E-state index contributed by atoms with van der Waals surface area (Å²) in [6.07, 6.45) is 2.27. The second kappa shape index (κ2) is 6.58. The van der Waals surface area contributed by atoms with Crippen molar-refractivity contribution in [2.45, 2.75) is 38.6 Å². The van der Waals surface area contributed by atoms with E-state index in [1.54, 1.807) is 52.0 Å². The standard InChI is InChI=1S/C17H20N4O5/c1-16(2,15(23)24)11-5-7-12(8-6-11)19-14(22)17(3,4)20-10-13(9-18-20)21(25)26/h5-10H,1-4H3,(H,19,22)(H,23,24). The van der Waals surface area contributed by atoms with Gasteiger partial charge in [0.1, 0.15) is 17.9 Å². The Morgan fingerprint density at radius 2 is 1.77 bits per heavy atom. The number of hydrogen-bond donors (Lipinski definition) is 2. The predicted octanol–water partition coefficient (Wildman–Crippen LogP) is 2.53. The van der Waals surface area contributed by atoms with Crippen molar-refractivity contribution in [1.29, 1.82) is 0 Å². The van der Waals surface area contributed by atoms with Crippen molar-refractivity contribution in [3.63, 3.8) is 0 Å². The second-order valence-corrected chi connectivity index (χ2v) is 6.92. The van der Waals surface area contributed by atoms with Gasteiger partial charge in [-0.05, 0) is 45.4 Å². The highest BCUT2D eigenvalue weighted by Crippen LogP contribution is 2.26. The van der Waals surface area contributed by atoms with Crippen LogP contribution in [-0.2, 0) is 20.5 Å². The Bertz CT molecular complexity index is 852. The van der Waals surface area contributed by atoms with Crippen LogP contribution < -0.4 is 5.32 Å². The molecule has 0 radical (unpaired) electrons. The lowest BCUT2D eigenvalue weighted by atomic mass is 9.85. The number of carboxylic acid groups (broad SMARTS) is 1. The van der Waals surface area contributed by atoms with Crippen LogP contribution in [0, 0.1) is 10.1 Å². The molecule has 138 valence electrons. The highest BCUT2D eigenvalue weighted by Gasteiger charge is 2.33. The van der Waals surface area contributed by atoms with Gasteiger partial charge in [0.15, 0.2) is 0 Å². The minimum Gasteiger partial charge on any atom is -0.481 e. The highest BCUT2D eigenvalue weighted by molar-refractivity contribution is 5.96. The van der Waals surface area contributed by atoms with Gasteiger partial charge in [0.2, 0.25) is 0 Å². The molecule has 2 aromatic rings. The smallest absolute Gasteiger partial charge is 0.313 e. The number of carboxylic acids is 1. The topological polar surface area (TPSA) is 127 Å². The molecule has 1 amide bonds. The van der Waals surface area contributed by atoms with Gasteiger partial charge in [0, 0.05) is 5.69 Å². The number of benzene rings is 1. The number of anilines is 1. The summed E-state index contributed by atoms with van der Waals surface area (Å²) in [4.78, 5) is 34.1. The Morgan fingerprint density at radius 3 is 2.23 bits per heavy atom. The van der Waals surface area contributed by atoms with E-state index in [9.17, 15) is 24.8 Å². The molecule has 0 fully saturated rings. The third kappa shape index (κ3) is 3.56. The Kier molecular flexibility index (Phi) is 4.84. The van der Waals surface area contributed by atoms with Gasteiger partial charge in [-0.25, -0.2) is 0 Å². The van der Waals surface area contributed by atoms with Crippen molar-refractivity contribution in [3.8, 4) is 0 Å². The molecule has 2 N–H and O–H groups in total. The maximum absolute atomic E-state index is 12.6. The van der Waals surface area contributed by atoms with Crippen molar-refractivity contribution < 1.29 is 19.6 Å². The fourth-order valence-electron chi connectivity index (χ4n) is 2.20. The molecule has 0 spiro atoms. The van der Waals surface area contributed by atoms with Gasteiger partial charge in [-0.1, -0.05) is 12.1 Å². The van der Waals surface area contributed by atoms with Gasteiger partial charge < -0.3 is 10.4 Å². The normalized spacial score (nSPS) is 11.8. The summed E-state index contributed by atoms with van der Waals surface area (Å²) < 4.78 is 1.22. The molecule has 2 rings (SSSR count). The van der Waals surface area contributed by atoms with Crippen LogP contribution in [0.4, 0.5) is 11.4 Å². The maximum atomic E-state index is 12.6. The van der Waals surface area contributed by atoms with Crippen molar-refractivity contribution in [3.05, 3.63) is 52.3 Å². The van der Waals surface area contributed by atoms with Crippen LogP contribution in [0.5, 0.6) is 0 Å². The van der Waals surface area contributed by atoms with E-state index >= 15 is 0 Å². The number of rotatable bonds is 6. The molecule has 1 heterocycles. The van der Waals surface area contributed by atoms with E-state index in [0.717, 1.165) is 6.20 Å². The molecule has 1 aromatic carbocycles. The molecule has 0 bridgehead atoms. The first-order chi connectivity index (χ1) is 12.0. The Balaban J connectivity index is 2.18. The summed E-state index contributed by atoms with van der Waals surface area (Å²) in [5.41, 5.74) is -1.32. The molecule has 0 aliphatic carbocycles. The number of carbonyl (C=O) groups is 2. The zero-order valence-corrected chi connectivity index (χ0v) is 14.9. The quantitative estimate of drug-likeness (QED) is 0.602. The molecule has 9 nitrogen and oxygen atoms in total. The molecule has 0 aliphatic rings. The summed E-state index contributed by atoms with van der Waals surface area (Å²) in [6, 6.07) is 6.49. The first kappa shape index (κ1) is 19.1. The van der Waals surface area contributed by atoms with Gasteiger partial charge in [0.05, 0.1) is 10.3 Å². The number of nitrogens with one attached hydrogen (secondary N) is 1. The van der Waals surface area contributed by atoms with Gasteiger partial charge in [-0.2, -0.15) is 5.10 Å². The number of nitro groups is 1. The Hall–Kier alpha value is -3.23. The summed E-state index contributed by atoms with van der Waals surface area (Å²) >= 11 is 0. The number of hydrogen-bond acceptors (Lipinski definition) is 5. The maximum Gasteiger partial charge on any atom is 0.313 e. The van der Waals surface area contributed by atoms with Crippen LogP contribution >= 0.6 is 0 Å². The Labute approximate surface area is 149 Å². The van der Waals surface area contributed by atoms with E-state index in [1.807, 2.05) is 0 Å². The van der Waals surface area contributed by atoms with E-state index < -0.39 is 27.8 Å². The molecule has 0 saturated heterocycles. The summed E-state index contributed by atoms with van der Waals surface area (Å²) in [6.45, 7) is 6.36. The highest BCUT2D eigenvalue weighted by atomic mass is 16.6. The first-order valence-corrected chi connectivity index (χ1v) is 7.81. The zero-order valence-electron chi connectivity index (χ0n) is 14.9. The fourth-order valence-corrected chi connectivity index (χ4v) is 2.20. The monoisotopic (exact) mass is 360 g/mol. The summed E-state index contributed by atoms with van der Waals surface area (Å²) in [5, 5.41) is 26.6. The van der Waals surface area contributed by atoms with Crippen LogP contribution in [0.1, 0.15) is 33.3 Å². The van der Waals surface area contributed by atoms with Crippen LogP contribution in [0.15, 0.2) is 36.7 Å². The number of nitrogens with zero attached hydrogens (tertiary/aromatic N) is 3. The lowest BCUT2D eigenvalue weighted by molar-refractivity contribution is -0.385. The van der Waals surface area contributed by atoms with E-state index in [1.165, 1.54) is 10.9 Å². The molecule has 0 atom stereocenters. The van der Waals surface area contributed by atoms with Crippen LogP contribution in [-0.4, -0.2) is 31.7 Å². The largest absolute Gasteiger partial charge is 0.481 e. The number of carbonyl (C=O) groups excluding carboxylic acids is 1. The molecule has 0 aliphatic heterocycles. The molecule has 0 saturated carbocycles. The fraction of sp³-hybridized carbons (Fsp3) is 0.353. The molecule has 0 unspecified atom stereocenters. The third-order valence-electron chi connectivity index (χ3n) is 4.31. The van der Waals surface area contributed by atoms with E-state index in [2.05, 4.69) is 10.4 Å². The van der Waals surface area contributed by atoms with Crippen LogP contribution in [0.2, 0.25) is 0 Å². The molecular weight excluding hydrogens is 340 g/mol. The number of amides is 1. The molecule has 26 heavy (non-hydrogen) atoms. The summed E-state index contributed by atoms with van der Waals surface area (Å²) in [5.74, 6) is -1.36. The third-order valence-corrected chi connectivity index (χ3v) is 4.31. The molecule has 1 aromatic heterocycles. The van der Waals surface area contributed by atoms with Crippen molar-refractivity contribution in [1.82, 2.24) is 9.78 Å². The number of aromatic nitrogens is 2. The number of aliphatic carboxylic acids is 1. The zero-order chi connectivity index (χ0) is 19.7. The van der Waals surface area contributed by atoms with Crippen LogP contribution in [0.25, 0.3) is 0 Å². The predicted molar refractivity (Wildman–Crippen MR) is 93.9 cm³/mol. The average molecular weight is 360 g/mol. The SMILES string of the molecule is CC(C)(C(=O)O)c1ccc(NC(=O)C(C)(C)n2cc([N+](=O)[O-])cn2)cc1. The van der Waals surface area contributed by atoms with E-state index in [4.69, 9.17) is 0 Å². The second-order valence-electron chi connectivity index (χ2n) is 6.92. The Morgan fingerprint density at radius 1 is 1.19 bits per heavy atom. The van der Waals surface area contributed by atoms with Crippen LogP contribution in [0.3, 0.4) is 0 Å². The van der Waals surface area contributed by atoms with Crippen molar-refractivity contribution >= 4 is 23.3 Å². The van der Waals surface area contributed by atoms with E-state index in [0.29, 0.717) is 11.3 Å². The minimum atomic E-state index is -1.16. The first-order valence-electron chi connectivity index (χ1n) is 7.81. The van der Waals surface area contributed by atoms with Crippen molar-refractivity contribution in [2.24, 2.45) is 0 Å². The van der Waals surface area contributed by atoms with Gasteiger partial charge in [-0.3, -0.25) is 24.4 Å². The molecule has 9 heteroatoms.